The fraction of sp³-hybridized carbons (Fsp3) is 0.562. The second-order valence-electron chi connectivity index (χ2n) is 4.70. The van der Waals surface area contributed by atoms with Crippen LogP contribution in [0, 0.1) is 0 Å². The fourth-order valence-electron chi connectivity index (χ4n) is 1.93. The molecule has 0 unspecified atom stereocenters. The Bertz CT molecular complexity index is 404. The van der Waals surface area contributed by atoms with Crippen molar-refractivity contribution in [3.05, 3.63) is 29.8 Å². The molecule has 1 aromatic rings. The standard InChI is InChI=1S/C16H25NO3S/c1-3-17(4-2)9-11-21-12-10-20-15-7-5-14(6-8-15)13-16(18)19/h5-8H,3-4,9-13H2,1-2H3,(H,18,19). The van der Waals surface area contributed by atoms with Gasteiger partial charge in [0, 0.05) is 18.1 Å². The number of ether oxygens (including phenoxy) is 1. The molecule has 5 heteroatoms. The highest BCUT2D eigenvalue weighted by Gasteiger charge is 2.01. The minimum absolute atomic E-state index is 0.0570. The van der Waals surface area contributed by atoms with Gasteiger partial charge in [-0.25, -0.2) is 0 Å². The van der Waals surface area contributed by atoms with Crippen LogP contribution in [0.3, 0.4) is 0 Å². The lowest BCUT2D eigenvalue weighted by Crippen LogP contribution is -2.25. The van der Waals surface area contributed by atoms with Crippen LogP contribution in [0.1, 0.15) is 19.4 Å². The number of carbonyl (C=O) groups is 1. The number of nitrogens with zero attached hydrogens (tertiary/aromatic N) is 1. The van der Waals surface area contributed by atoms with E-state index in [2.05, 4.69) is 18.7 Å². The van der Waals surface area contributed by atoms with Crippen molar-refractivity contribution in [2.75, 3.05) is 37.7 Å². The number of aliphatic carboxylic acids is 1. The van der Waals surface area contributed by atoms with E-state index >= 15 is 0 Å². The van der Waals surface area contributed by atoms with Crippen LogP contribution in [0.5, 0.6) is 5.75 Å². The van der Waals surface area contributed by atoms with Crippen molar-refractivity contribution in [3.8, 4) is 5.75 Å². The van der Waals surface area contributed by atoms with Crippen LogP contribution in [0.2, 0.25) is 0 Å². The molecule has 1 rings (SSSR count). The van der Waals surface area contributed by atoms with E-state index in [-0.39, 0.29) is 6.42 Å². The summed E-state index contributed by atoms with van der Waals surface area (Å²) in [4.78, 5) is 13.0. The van der Waals surface area contributed by atoms with Crippen LogP contribution in [0.25, 0.3) is 0 Å². The Morgan fingerprint density at radius 1 is 1.19 bits per heavy atom. The molecule has 1 N–H and O–H groups in total. The van der Waals surface area contributed by atoms with Gasteiger partial charge in [-0.1, -0.05) is 26.0 Å². The first-order valence-electron chi connectivity index (χ1n) is 7.39. The van der Waals surface area contributed by atoms with Gasteiger partial charge < -0.3 is 14.7 Å². The molecule has 0 saturated heterocycles. The third-order valence-corrected chi connectivity index (χ3v) is 4.15. The summed E-state index contributed by atoms with van der Waals surface area (Å²) >= 11 is 1.90. The SMILES string of the molecule is CCN(CC)CCSCCOc1ccc(CC(=O)O)cc1. The zero-order valence-corrected chi connectivity index (χ0v) is 13.7. The van der Waals surface area contributed by atoms with Gasteiger partial charge in [-0.15, -0.1) is 0 Å². The first-order valence-corrected chi connectivity index (χ1v) is 8.54. The summed E-state index contributed by atoms with van der Waals surface area (Å²) in [6.07, 6.45) is 0.0570. The van der Waals surface area contributed by atoms with Gasteiger partial charge in [0.15, 0.2) is 0 Å². The molecule has 0 aromatic heterocycles. The van der Waals surface area contributed by atoms with E-state index < -0.39 is 5.97 Å². The number of rotatable bonds is 11. The molecule has 0 amide bonds. The van der Waals surface area contributed by atoms with Crippen molar-refractivity contribution in [1.82, 2.24) is 4.90 Å². The topological polar surface area (TPSA) is 49.8 Å². The van der Waals surface area contributed by atoms with E-state index in [0.717, 1.165) is 42.5 Å². The Morgan fingerprint density at radius 2 is 1.86 bits per heavy atom. The number of hydrogen-bond donors (Lipinski definition) is 1. The summed E-state index contributed by atoms with van der Waals surface area (Å²) in [5, 5.41) is 8.70. The van der Waals surface area contributed by atoms with Crippen LogP contribution in [-0.2, 0) is 11.2 Å². The Balaban J connectivity index is 2.14. The molecule has 0 atom stereocenters. The number of benzene rings is 1. The van der Waals surface area contributed by atoms with Gasteiger partial charge in [-0.3, -0.25) is 4.79 Å². The summed E-state index contributed by atoms with van der Waals surface area (Å²) in [5.41, 5.74) is 0.795. The molecular formula is C16H25NO3S. The minimum Gasteiger partial charge on any atom is -0.493 e. The van der Waals surface area contributed by atoms with Crippen molar-refractivity contribution < 1.29 is 14.6 Å². The summed E-state index contributed by atoms with van der Waals surface area (Å²) in [7, 11) is 0. The summed E-state index contributed by atoms with van der Waals surface area (Å²) < 4.78 is 5.64. The van der Waals surface area contributed by atoms with Crippen molar-refractivity contribution in [1.29, 1.82) is 0 Å². The second kappa shape index (κ2) is 10.5. The molecule has 0 aliphatic heterocycles. The van der Waals surface area contributed by atoms with Crippen molar-refractivity contribution in [3.63, 3.8) is 0 Å². The number of carboxylic acids is 1. The highest BCUT2D eigenvalue weighted by atomic mass is 32.2. The molecule has 0 fully saturated rings. The monoisotopic (exact) mass is 311 g/mol. The molecule has 118 valence electrons. The highest BCUT2D eigenvalue weighted by molar-refractivity contribution is 7.99. The molecule has 0 saturated carbocycles. The molecule has 0 spiro atoms. The lowest BCUT2D eigenvalue weighted by molar-refractivity contribution is -0.136. The van der Waals surface area contributed by atoms with Crippen molar-refractivity contribution in [2.24, 2.45) is 0 Å². The predicted molar refractivity (Wildman–Crippen MR) is 88.4 cm³/mol. The Kier molecular flexibility index (Phi) is 8.94. The van der Waals surface area contributed by atoms with E-state index in [1.165, 1.54) is 0 Å². The second-order valence-corrected chi connectivity index (χ2v) is 5.93. The summed E-state index contributed by atoms with van der Waals surface area (Å²) in [6, 6.07) is 7.27. The fourth-order valence-corrected chi connectivity index (χ4v) is 2.72. The molecule has 0 radical (unpaired) electrons. The first kappa shape index (κ1) is 17.9. The lowest BCUT2D eigenvalue weighted by atomic mass is 10.1. The van der Waals surface area contributed by atoms with E-state index in [9.17, 15) is 4.79 Å². The zero-order chi connectivity index (χ0) is 15.5. The maximum absolute atomic E-state index is 10.6. The van der Waals surface area contributed by atoms with Gasteiger partial charge in [-0.2, -0.15) is 11.8 Å². The van der Waals surface area contributed by atoms with Gasteiger partial charge in [0.05, 0.1) is 13.0 Å². The maximum atomic E-state index is 10.6. The molecule has 0 aliphatic rings. The van der Waals surface area contributed by atoms with Crippen molar-refractivity contribution >= 4 is 17.7 Å². The van der Waals surface area contributed by atoms with Crippen LogP contribution in [-0.4, -0.2) is 53.7 Å². The van der Waals surface area contributed by atoms with Crippen LogP contribution < -0.4 is 4.74 Å². The summed E-state index contributed by atoms with van der Waals surface area (Å²) in [6.45, 7) is 8.39. The number of carboxylic acid groups (broad SMARTS) is 1. The van der Waals surface area contributed by atoms with Gasteiger partial charge in [0.25, 0.3) is 0 Å². The number of hydrogen-bond acceptors (Lipinski definition) is 4. The molecular weight excluding hydrogens is 286 g/mol. The van der Waals surface area contributed by atoms with Crippen molar-refractivity contribution in [2.45, 2.75) is 20.3 Å². The van der Waals surface area contributed by atoms with Crippen LogP contribution in [0.4, 0.5) is 0 Å². The van der Waals surface area contributed by atoms with Crippen LogP contribution >= 0.6 is 11.8 Å². The van der Waals surface area contributed by atoms with Gasteiger partial charge in [0.2, 0.25) is 0 Å². The highest BCUT2D eigenvalue weighted by Crippen LogP contribution is 2.13. The smallest absolute Gasteiger partial charge is 0.307 e. The van der Waals surface area contributed by atoms with E-state index in [4.69, 9.17) is 9.84 Å². The average molecular weight is 311 g/mol. The zero-order valence-electron chi connectivity index (χ0n) is 12.9. The summed E-state index contributed by atoms with van der Waals surface area (Å²) in [5.74, 6) is 2.09. The molecule has 21 heavy (non-hydrogen) atoms. The minimum atomic E-state index is -0.812. The molecule has 0 heterocycles. The van der Waals surface area contributed by atoms with E-state index in [1.807, 2.05) is 23.9 Å². The first-order chi connectivity index (χ1) is 10.2. The molecule has 0 aliphatic carbocycles. The van der Waals surface area contributed by atoms with Gasteiger partial charge in [-0.05, 0) is 30.8 Å². The third-order valence-electron chi connectivity index (χ3n) is 3.22. The Hall–Kier alpha value is -1.20. The number of thioether (sulfide) groups is 1. The average Bonchev–Trinajstić information content (AvgIpc) is 2.48. The Morgan fingerprint density at radius 3 is 2.43 bits per heavy atom. The largest absolute Gasteiger partial charge is 0.493 e. The molecule has 4 nitrogen and oxygen atoms in total. The van der Waals surface area contributed by atoms with E-state index in [1.54, 1.807) is 12.1 Å². The normalized spacial score (nSPS) is 10.8. The third kappa shape index (κ3) is 7.97. The molecule has 0 bridgehead atoms. The van der Waals surface area contributed by atoms with Crippen LogP contribution in [0.15, 0.2) is 24.3 Å². The lowest BCUT2D eigenvalue weighted by Gasteiger charge is -2.17. The predicted octanol–water partition coefficient (Wildman–Crippen LogP) is 2.77. The molecule has 1 aromatic carbocycles. The van der Waals surface area contributed by atoms with E-state index in [0.29, 0.717) is 6.61 Å². The Labute approximate surface area is 131 Å². The quantitative estimate of drug-likeness (QED) is 0.637. The van der Waals surface area contributed by atoms with Gasteiger partial charge >= 0.3 is 5.97 Å². The maximum Gasteiger partial charge on any atom is 0.307 e. The van der Waals surface area contributed by atoms with Gasteiger partial charge in [0.1, 0.15) is 5.75 Å².